The van der Waals surface area contributed by atoms with Gasteiger partial charge in [0.25, 0.3) is 5.91 Å². The minimum Gasteiger partial charge on any atom is -0.469 e. The highest BCUT2D eigenvalue weighted by Gasteiger charge is 2.26. The standard InChI is InChI=1S/C23H24FN3O3/c1-14-11-17(4-6-21(14)27-9-7-15(8-10-27)23(29)30-2)25-13-19-18-12-16(24)3-5-20(18)26-22(19)28/h3-6,11-13,15,25H,7-10H2,1-2H3,(H,26,28)/b19-13-. The third kappa shape index (κ3) is 3.87. The zero-order valence-corrected chi connectivity index (χ0v) is 17.0. The second-order valence-corrected chi connectivity index (χ2v) is 7.63. The Hall–Kier alpha value is -3.35. The number of esters is 1. The van der Waals surface area contributed by atoms with Crippen LogP contribution in [0.25, 0.3) is 5.57 Å². The molecule has 0 aromatic heterocycles. The number of fused-ring (bicyclic) bond motifs is 1. The largest absolute Gasteiger partial charge is 0.469 e. The lowest BCUT2D eigenvalue weighted by molar-refractivity contribution is -0.146. The molecule has 0 spiro atoms. The van der Waals surface area contributed by atoms with Crippen LogP contribution in [0, 0.1) is 18.7 Å². The number of ether oxygens (including phenoxy) is 1. The Morgan fingerprint density at radius 1 is 1.23 bits per heavy atom. The fourth-order valence-electron chi connectivity index (χ4n) is 4.08. The number of benzene rings is 2. The molecule has 0 aliphatic carbocycles. The van der Waals surface area contributed by atoms with Gasteiger partial charge in [-0.25, -0.2) is 4.39 Å². The number of nitrogens with zero attached hydrogens (tertiary/aromatic N) is 1. The number of halogens is 1. The van der Waals surface area contributed by atoms with E-state index in [-0.39, 0.29) is 23.6 Å². The maximum absolute atomic E-state index is 13.6. The first-order chi connectivity index (χ1) is 14.5. The molecule has 2 aromatic rings. The summed E-state index contributed by atoms with van der Waals surface area (Å²) in [5, 5.41) is 5.89. The molecule has 30 heavy (non-hydrogen) atoms. The van der Waals surface area contributed by atoms with Gasteiger partial charge in [-0.3, -0.25) is 9.59 Å². The molecule has 0 radical (unpaired) electrons. The monoisotopic (exact) mass is 409 g/mol. The average molecular weight is 409 g/mol. The van der Waals surface area contributed by atoms with Crippen molar-refractivity contribution in [1.29, 1.82) is 0 Å². The third-order valence-corrected chi connectivity index (χ3v) is 5.71. The summed E-state index contributed by atoms with van der Waals surface area (Å²) in [6.07, 6.45) is 3.17. The normalized spacial score (nSPS) is 17.6. The molecular formula is C23H24FN3O3. The topological polar surface area (TPSA) is 70.7 Å². The molecule has 2 aromatic carbocycles. The van der Waals surface area contributed by atoms with E-state index in [4.69, 9.17) is 4.74 Å². The van der Waals surface area contributed by atoms with Gasteiger partial charge < -0.3 is 20.3 Å². The number of methoxy groups -OCH3 is 1. The smallest absolute Gasteiger partial charge is 0.308 e. The van der Waals surface area contributed by atoms with Crippen LogP contribution in [0.2, 0.25) is 0 Å². The summed E-state index contributed by atoms with van der Waals surface area (Å²) in [6, 6.07) is 10.2. The van der Waals surface area contributed by atoms with Gasteiger partial charge in [0.2, 0.25) is 0 Å². The summed E-state index contributed by atoms with van der Waals surface area (Å²) in [5.41, 5.74) is 4.62. The van der Waals surface area contributed by atoms with Crippen LogP contribution in [0.3, 0.4) is 0 Å². The van der Waals surface area contributed by atoms with E-state index in [1.165, 1.54) is 19.2 Å². The lowest BCUT2D eigenvalue weighted by atomic mass is 9.96. The molecule has 156 valence electrons. The second-order valence-electron chi connectivity index (χ2n) is 7.63. The molecule has 1 fully saturated rings. The fourth-order valence-corrected chi connectivity index (χ4v) is 4.08. The summed E-state index contributed by atoms with van der Waals surface area (Å²) in [4.78, 5) is 26.2. The number of nitrogens with one attached hydrogen (secondary N) is 2. The maximum atomic E-state index is 13.6. The van der Waals surface area contributed by atoms with E-state index in [0.29, 0.717) is 16.8 Å². The zero-order valence-electron chi connectivity index (χ0n) is 17.0. The van der Waals surface area contributed by atoms with E-state index in [9.17, 15) is 14.0 Å². The van der Waals surface area contributed by atoms with Gasteiger partial charge in [0, 0.05) is 41.9 Å². The minimum atomic E-state index is -0.382. The first-order valence-corrected chi connectivity index (χ1v) is 9.97. The summed E-state index contributed by atoms with van der Waals surface area (Å²) < 4.78 is 18.4. The van der Waals surface area contributed by atoms with Crippen molar-refractivity contribution in [1.82, 2.24) is 0 Å². The van der Waals surface area contributed by atoms with Crippen molar-refractivity contribution in [3.05, 3.63) is 59.5 Å². The second kappa shape index (κ2) is 8.18. The molecule has 0 bridgehead atoms. The van der Waals surface area contributed by atoms with E-state index < -0.39 is 0 Å². The van der Waals surface area contributed by atoms with E-state index in [0.717, 1.165) is 42.9 Å². The zero-order chi connectivity index (χ0) is 21.3. The Balaban J connectivity index is 1.46. The van der Waals surface area contributed by atoms with E-state index in [1.54, 1.807) is 12.3 Å². The Morgan fingerprint density at radius 2 is 2.00 bits per heavy atom. The number of hydrogen-bond acceptors (Lipinski definition) is 5. The van der Waals surface area contributed by atoms with Gasteiger partial charge in [0.1, 0.15) is 5.82 Å². The molecule has 6 nitrogen and oxygen atoms in total. The lowest BCUT2D eigenvalue weighted by Crippen LogP contribution is -2.37. The van der Waals surface area contributed by atoms with Crippen molar-refractivity contribution in [2.75, 3.05) is 35.7 Å². The molecule has 7 heteroatoms. The molecule has 0 saturated carbocycles. The van der Waals surface area contributed by atoms with Crippen LogP contribution in [0.15, 0.2) is 42.6 Å². The number of carbonyl (C=O) groups is 2. The van der Waals surface area contributed by atoms with Crippen molar-refractivity contribution in [3.8, 4) is 0 Å². The van der Waals surface area contributed by atoms with Gasteiger partial charge >= 0.3 is 5.97 Å². The molecule has 1 saturated heterocycles. The number of aryl methyl sites for hydroxylation is 1. The van der Waals surface area contributed by atoms with Crippen LogP contribution in [0.1, 0.15) is 24.0 Å². The van der Waals surface area contributed by atoms with Gasteiger partial charge in [-0.15, -0.1) is 0 Å². The van der Waals surface area contributed by atoms with Crippen LogP contribution in [-0.4, -0.2) is 32.1 Å². The predicted octanol–water partition coefficient (Wildman–Crippen LogP) is 3.93. The van der Waals surface area contributed by atoms with Gasteiger partial charge in [0.15, 0.2) is 0 Å². The average Bonchev–Trinajstić information content (AvgIpc) is 3.06. The molecule has 0 atom stereocenters. The van der Waals surface area contributed by atoms with Crippen LogP contribution < -0.4 is 15.5 Å². The first kappa shape index (κ1) is 19.9. The highest BCUT2D eigenvalue weighted by atomic mass is 19.1. The van der Waals surface area contributed by atoms with Crippen LogP contribution in [0.5, 0.6) is 0 Å². The highest BCUT2D eigenvalue weighted by Crippen LogP contribution is 2.33. The Labute approximate surface area is 174 Å². The van der Waals surface area contributed by atoms with Crippen molar-refractivity contribution in [3.63, 3.8) is 0 Å². The highest BCUT2D eigenvalue weighted by molar-refractivity contribution is 6.31. The number of anilines is 3. The van der Waals surface area contributed by atoms with Crippen molar-refractivity contribution in [2.45, 2.75) is 19.8 Å². The fraction of sp³-hybridized carbons (Fsp3) is 0.304. The summed E-state index contributed by atoms with van der Waals surface area (Å²) >= 11 is 0. The van der Waals surface area contributed by atoms with Gasteiger partial charge in [0.05, 0.1) is 18.6 Å². The number of piperidine rings is 1. The number of hydrogen-bond donors (Lipinski definition) is 2. The molecule has 1 amide bonds. The molecule has 2 aliphatic heterocycles. The molecule has 2 N–H and O–H groups in total. The van der Waals surface area contributed by atoms with Crippen LogP contribution >= 0.6 is 0 Å². The van der Waals surface area contributed by atoms with E-state index in [1.807, 2.05) is 25.1 Å². The summed E-state index contributed by atoms with van der Waals surface area (Å²) in [7, 11) is 1.43. The first-order valence-electron chi connectivity index (χ1n) is 9.97. The molecule has 2 aliphatic rings. The van der Waals surface area contributed by atoms with Crippen molar-refractivity contribution in [2.24, 2.45) is 5.92 Å². The number of carbonyl (C=O) groups excluding carboxylic acids is 2. The van der Waals surface area contributed by atoms with Gasteiger partial charge in [-0.1, -0.05) is 0 Å². The Bertz CT molecular complexity index is 1030. The SMILES string of the molecule is COC(=O)C1CCN(c2ccc(N/C=C3\C(=O)Nc4ccc(F)cc43)cc2C)CC1. The maximum Gasteiger partial charge on any atom is 0.308 e. The van der Waals surface area contributed by atoms with Crippen LogP contribution in [-0.2, 0) is 14.3 Å². The molecule has 2 heterocycles. The molecule has 4 rings (SSSR count). The van der Waals surface area contributed by atoms with E-state index >= 15 is 0 Å². The molecular weight excluding hydrogens is 385 g/mol. The molecule has 0 unspecified atom stereocenters. The number of rotatable bonds is 4. The lowest BCUT2D eigenvalue weighted by Gasteiger charge is -2.33. The number of amides is 1. The van der Waals surface area contributed by atoms with Crippen LogP contribution in [0.4, 0.5) is 21.5 Å². The van der Waals surface area contributed by atoms with E-state index in [2.05, 4.69) is 15.5 Å². The Kier molecular flexibility index (Phi) is 5.44. The minimum absolute atomic E-state index is 0.0237. The quantitative estimate of drug-likeness (QED) is 0.592. The predicted molar refractivity (Wildman–Crippen MR) is 115 cm³/mol. The Morgan fingerprint density at radius 3 is 2.70 bits per heavy atom. The third-order valence-electron chi connectivity index (χ3n) is 5.71. The van der Waals surface area contributed by atoms with Gasteiger partial charge in [-0.2, -0.15) is 0 Å². The van der Waals surface area contributed by atoms with Crippen molar-refractivity contribution >= 4 is 34.5 Å². The summed E-state index contributed by atoms with van der Waals surface area (Å²) in [5.74, 6) is -0.794. The summed E-state index contributed by atoms with van der Waals surface area (Å²) in [6.45, 7) is 3.65. The van der Waals surface area contributed by atoms with Gasteiger partial charge in [-0.05, 0) is 61.7 Å². The van der Waals surface area contributed by atoms with Crippen molar-refractivity contribution < 1.29 is 18.7 Å².